The number of carbonyl (C=O) groups excluding carboxylic acids is 3. The predicted octanol–water partition coefficient (Wildman–Crippen LogP) is 5.46. The Morgan fingerprint density at radius 3 is 1.49 bits per heavy atom. The molecule has 1 aliphatic carbocycles. The fraction of sp³-hybridized carbons (Fsp3) is 0.258. The number of amides is 3. The van der Waals surface area contributed by atoms with Gasteiger partial charge in [0, 0.05) is 42.6 Å². The van der Waals surface area contributed by atoms with Crippen molar-refractivity contribution in [2.24, 2.45) is 0 Å². The SMILES string of the molecule is CC(=O)N(O)C(=N)c1ccc(Oc2cc(Oc3ccc(C(=N)N(O)C(C)=O)cc3)cc(C(=O)NC3CCCCC3)c2)cc1. The van der Waals surface area contributed by atoms with Crippen LogP contribution in [-0.2, 0) is 9.59 Å². The highest BCUT2D eigenvalue weighted by atomic mass is 16.5. The standard InChI is InChI=1S/C31H33N5O7/c1-19(37)35(40)29(32)21-8-12-25(13-9-21)42-27-16-23(31(39)34-24-6-4-3-5-7-24)17-28(18-27)43-26-14-10-22(11-15-26)30(33)36(41)20(2)38/h8-18,24,32-33,40-41H,3-7H2,1-2H3,(H,34,39). The van der Waals surface area contributed by atoms with Gasteiger partial charge >= 0.3 is 0 Å². The molecule has 224 valence electrons. The molecule has 0 radical (unpaired) electrons. The first-order chi connectivity index (χ1) is 20.5. The smallest absolute Gasteiger partial charge is 0.251 e. The van der Waals surface area contributed by atoms with Crippen molar-refractivity contribution in [1.82, 2.24) is 15.4 Å². The van der Waals surface area contributed by atoms with Crippen molar-refractivity contribution in [3.05, 3.63) is 83.4 Å². The van der Waals surface area contributed by atoms with E-state index >= 15 is 0 Å². The Kier molecular flexibility index (Phi) is 9.86. The fourth-order valence-corrected chi connectivity index (χ4v) is 4.53. The average molecular weight is 588 g/mol. The van der Waals surface area contributed by atoms with Crippen LogP contribution in [0.3, 0.4) is 0 Å². The minimum Gasteiger partial charge on any atom is -0.457 e. The minimum absolute atomic E-state index is 0.0862. The highest BCUT2D eigenvalue weighted by molar-refractivity contribution is 6.05. The van der Waals surface area contributed by atoms with E-state index in [4.69, 9.17) is 20.3 Å². The van der Waals surface area contributed by atoms with Gasteiger partial charge in [0.1, 0.15) is 23.0 Å². The van der Waals surface area contributed by atoms with Crippen molar-refractivity contribution < 1.29 is 34.3 Å². The van der Waals surface area contributed by atoms with E-state index in [0.717, 1.165) is 46.0 Å². The number of rotatable bonds is 8. The van der Waals surface area contributed by atoms with Crippen LogP contribution in [0.1, 0.15) is 67.4 Å². The molecule has 43 heavy (non-hydrogen) atoms. The minimum atomic E-state index is -0.694. The number of nitrogens with one attached hydrogen (secondary N) is 3. The van der Waals surface area contributed by atoms with Gasteiger partial charge in [0.05, 0.1) is 0 Å². The van der Waals surface area contributed by atoms with Gasteiger partial charge in [-0.1, -0.05) is 19.3 Å². The van der Waals surface area contributed by atoms with Crippen molar-refractivity contribution in [3.8, 4) is 23.0 Å². The van der Waals surface area contributed by atoms with Crippen molar-refractivity contribution in [2.75, 3.05) is 0 Å². The molecular weight excluding hydrogens is 554 g/mol. The zero-order chi connectivity index (χ0) is 31.1. The summed E-state index contributed by atoms with van der Waals surface area (Å²) < 4.78 is 12.0. The normalized spacial score (nSPS) is 13.0. The maximum atomic E-state index is 13.2. The van der Waals surface area contributed by atoms with Crippen LogP contribution in [0, 0.1) is 10.8 Å². The van der Waals surface area contributed by atoms with E-state index < -0.39 is 11.8 Å². The van der Waals surface area contributed by atoms with Gasteiger partial charge in [-0.05, 0) is 73.5 Å². The molecule has 0 spiro atoms. The molecule has 0 heterocycles. The summed E-state index contributed by atoms with van der Waals surface area (Å²) in [5, 5.41) is 39.0. The number of hydrogen-bond donors (Lipinski definition) is 5. The summed E-state index contributed by atoms with van der Waals surface area (Å²) in [7, 11) is 0. The average Bonchev–Trinajstić information content (AvgIpc) is 3.00. The molecule has 3 aromatic carbocycles. The van der Waals surface area contributed by atoms with Crippen LogP contribution in [0.2, 0.25) is 0 Å². The molecule has 0 unspecified atom stereocenters. The molecule has 1 saturated carbocycles. The van der Waals surface area contributed by atoms with Gasteiger partial charge in [0.15, 0.2) is 11.7 Å². The fourth-order valence-electron chi connectivity index (χ4n) is 4.53. The molecule has 1 fully saturated rings. The van der Waals surface area contributed by atoms with E-state index in [1.807, 2.05) is 0 Å². The van der Waals surface area contributed by atoms with Crippen LogP contribution >= 0.6 is 0 Å². The molecule has 3 aromatic rings. The molecule has 4 rings (SSSR count). The molecule has 0 atom stereocenters. The second-order valence-electron chi connectivity index (χ2n) is 10.1. The molecule has 0 aliphatic heterocycles. The Hall–Kier alpha value is -5.07. The third kappa shape index (κ3) is 8.03. The molecule has 0 saturated heterocycles. The summed E-state index contributed by atoms with van der Waals surface area (Å²) in [6.07, 6.45) is 5.10. The summed E-state index contributed by atoms with van der Waals surface area (Å²) in [6.45, 7) is 2.28. The van der Waals surface area contributed by atoms with Crippen molar-refractivity contribution in [2.45, 2.75) is 52.0 Å². The first-order valence-corrected chi connectivity index (χ1v) is 13.7. The molecule has 12 nitrogen and oxygen atoms in total. The number of hydrogen-bond acceptors (Lipinski definition) is 9. The van der Waals surface area contributed by atoms with E-state index in [2.05, 4.69) is 5.32 Å². The molecule has 0 bridgehead atoms. The summed E-state index contributed by atoms with van der Waals surface area (Å²) in [5.41, 5.74) is 0.905. The molecular formula is C31H33N5O7. The van der Waals surface area contributed by atoms with E-state index in [-0.39, 0.29) is 33.7 Å². The van der Waals surface area contributed by atoms with Crippen LogP contribution in [0.4, 0.5) is 0 Å². The first kappa shape index (κ1) is 30.9. The van der Waals surface area contributed by atoms with Gasteiger partial charge < -0.3 is 14.8 Å². The quantitative estimate of drug-likeness (QED) is 0.101. The lowest BCUT2D eigenvalue weighted by molar-refractivity contribution is -0.147. The molecule has 3 amide bonds. The Bertz CT molecular complexity index is 1420. The third-order valence-corrected chi connectivity index (χ3v) is 6.83. The zero-order valence-corrected chi connectivity index (χ0v) is 23.8. The highest BCUT2D eigenvalue weighted by Crippen LogP contribution is 2.31. The van der Waals surface area contributed by atoms with Crippen LogP contribution in [0.25, 0.3) is 0 Å². The van der Waals surface area contributed by atoms with Gasteiger partial charge in [-0.3, -0.25) is 35.6 Å². The largest absolute Gasteiger partial charge is 0.457 e. The number of nitrogens with zero attached hydrogens (tertiary/aromatic N) is 2. The Balaban J connectivity index is 1.57. The highest BCUT2D eigenvalue weighted by Gasteiger charge is 2.19. The summed E-state index contributed by atoms with van der Waals surface area (Å²) >= 11 is 0. The van der Waals surface area contributed by atoms with Crippen molar-refractivity contribution >= 4 is 29.4 Å². The summed E-state index contributed by atoms with van der Waals surface area (Å²) in [5.74, 6) is -1.07. The summed E-state index contributed by atoms with van der Waals surface area (Å²) in [4.78, 5) is 36.0. The van der Waals surface area contributed by atoms with Gasteiger partial charge in [-0.15, -0.1) is 0 Å². The number of ether oxygens (including phenoxy) is 2. The Morgan fingerprint density at radius 1 is 0.674 bits per heavy atom. The zero-order valence-electron chi connectivity index (χ0n) is 23.8. The van der Waals surface area contributed by atoms with Gasteiger partial charge in [-0.2, -0.15) is 10.1 Å². The van der Waals surface area contributed by atoms with Crippen LogP contribution < -0.4 is 14.8 Å². The third-order valence-electron chi connectivity index (χ3n) is 6.83. The monoisotopic (exact) mass is 587 g/mol. The van der Waals surface area contributed by atoms with Crippen molar-refractivity contribution in [1.29, 1.82) is 10.8 Å². The van der Waals surface area contributed by atoms with Crippen LogP contribution in [0.5, 0.6) is 23.0 Å². The van der Waals surface area contributed by atoms with Gasteiger partial charge in [-0.25, -0.2) is 0 Å². The second kappa shape index (κ2) is 13.7. The Morgan fingerprint density at radius 2 is 1.09 bits per heavy atom. The Labute approximate surface area is 248 Å². The number of benzene rings is 3. The lowest BCUT2D eigenvalue weighted by atomic mass is 9.95. The summed E-state index contributed by atoms with van der Waals surface area (Å²) in [6, 6.07) is 17.2. The number of hydroxylamine groups is 4. The second-order valence-corrected chi connectivity index (χ2v) is 10.1. The molecule has 1 aliphatic rings. The van der Waals surface area contributed by atoms with Crippen LogP contribution in [0.15, 0.2) is 66.7 Å². The molecule has 0 aromatic heterocycles. The maximum absolute atomic E-state index is 13.2. The van der Waals surface area contributed by atoms with Gasteiger partial charge in [0.25, 0.3) is 5.91 Å². The van der Waals surface area contributed by atoms with Crippen LogP contribution in [-0.4, -0.2) is 56.0 Å². The van der Waals surface area contributed by atoms with Crippen molar-refractivity contribution in [3.63, 3.8) is 0 Å². The molecule has 5 N–H and O–H groups in total. The molecule has 12 heteroatoms. The number of amidine groups is 2. The lowest BCUT2D eigenvalue weighted by Crippen LogP contribution is -2.36. The number of carbonyl (C=O) groups is 3. The predicted molar refractivity (Wildman–Crippen MR) is 156 cm³/mol. The lowest BCUT2D eigenvalue weighted by Gasteiger charge is -2.23. The van der Waals surface area contributed by atoms with E-state index in [9.17, 15) is 24.8 Å². The van der Waals surface area contributed by atoms with Gasteiger partial charge in [0.2, 0.25) is 11.8 Å². The first-order valence-electron chi connectivity index (χ1n) is 13.7. The maximum Gasteiger partial charge on any atom is 0.251 e. The van der Waals surface area contributed by atoms with E-state index in [0.29, 0.717) is 39.7 Å². The van der Waals surface area contributed by atoms with E-state index in [1.165, 1.54) is 24.3 Å². The van der Waals surface area contributed by atoms with E-state index in [1.54, 1.807) is 42.5 Å². The topological polar surface area (TPSA) is 176 Å².